The highest BCUT2D eigenvalue weighted by Gasteiger charge is 2.16. The Morgan fingerprint density at radius 2 is 1.74 bits per heavy atom. The van der Waals surface area contributed by atoms with Gasteiger partial charge in [-0.25, -0.2) is 0 Å². The third kappa shape index (κ3) is 4.67. The number of rotatable bonds is 4. The molecular weight excluding hydrogens is 392 g/mol. The SMILES string of the molecule is C1CCOC1.COc1ccc(OC)c(-c2nnc3ccc(-c4cccc(C)c4)nn23)c1. The van der Waals surface area contributed by atoms with Crippen LogP contribution in [0.1, 0.15) is 18.4 Å². The van der Waals surface area contributed by atoms with Gasteiger partial charge in [-0.3, -0.25) is 0 Å². The van der Waals surface area contributed by atoms with Crippen LogP contribution in [0.25, 0.3) is 28.3 Å². The molecular formula is C24H26N4O3. The van der Waals surface area contributed by atoms with E-state index in [9.17, 15) is 0 Å². The lowest BCUT2D eigenvalue weighted by Gasteiger charge is -2.09. The molecule has 0 aliphatic carbocycles. The molecule has 7 nitrogen and oxygen atoms in total. The molecule has 0 saturated carbocycles. The number of fused-ring (bicyclic) bond motifs is 1. The van der Waals surface area contributed by atoms with Gasteiger partial charge in [-0.2, -0.15) is 9.61 Å². The molecule has 2 aromatic carbocycles. The van der Waals surface area contributed by atoms with Gasteiger partial charge >= 0.3 is 0 Å². The maximum absolute atomic E-state index is 5.48. The topological polar surface area (TPSA) is 70.8 Å². The van der Waals surface area contributed by atoms with Crippen LogP contribution in [0.5, 0.6) is 11.5 Å². The third-order valence-corrected chi connectivity index (χ3v) is 5.05. The minimum Gasteiger partial charge on any atom is -0.497 e. The fraction of sp³-hybridized carbons (Fsp3) is 0.292. The molecule has 0 radical (unpaired) electrons. The molecule has 3 heterocycles. The van der Waals surface area contributed by atoms with Gasteiger partial charge in [-0.15, -0.1) is 10.2 Å². The molecule has 7 heteroatoms. The molecule has 1 aliphatic heterocycles. The Balaban J connectivity index is 0.000000407. The summed E-state index contributed by atoms with van der Waals surface area (Å²) in [6.07, 6.45) is 2.56. The van der Waals surface area contributed by atoms with Crippen molar-refractivity contribution in [2.24, 2.45) is 0 Å². The van der Waals surface area contributed by atoms with Gasteiger partial charge in [0.15, 0.2) is 11.5 Å². The number of aryl methyl sites for hydroxylation is 1. The molecule has 1 fully saturated rings. The summed E-state index contributed by atoms with van der Waals surface area (Å²) in [6.45, 7) is 4.06. The lowest BCUT2D eigenvalue weighted by atomic mass is 10.1. The fourth-order valence-corrected chi connectivity index (χ4v) is 3.41. The molecule has 4 aromatic rings. The van der Waals surface area contributed by atoms with E-state index in [2.05, 4.69) is 29.3 Å². The minimum absolute atomic E-state index is 0.602. The summed E-state index contributed by atoms with van der Waals surface area (Å²) in [5.41, 5.74) is 4.52. The minimum atomic E-state index is 0.602. The first kappa shape index (κ1) is 20.8. The van der Waals surface area contributed by atoms with Crippen molar-refractivity contribution < 1.29 is 14.2 Å². The number of hydrogen-bond donors (Lipinski definition) is 0. The number of hydrogen-bond acceptors (Lipinski definition) is 6. The summed E-state index contributed by atoms with van der Waals surface area (Å²) in [5.74, 6) is 2.00. The normalized spacial score (nSPS) is 13.0. The Labute approximate surface area is 181 Å². The fourth-order valence-electron chi connectivity index (χ4n) is 3.41. The predicted molar refractivity (Wildman–Crippen MR) is 120 cm³/mol. The first-order valence-corrected chi connectivity index (χ1v) is 10.3. The summed E-state index contributed by atoms with van der Waals surface area (Å²) in [7, 11) is 3.25. The summed E-state index contributed by atoms with van der Waals surface area (Å²) in [4.78, 5) is 0. The van der Waals surface area contributed by atoms with Gasteiger partial charge < -0.3 is 14.2 Å². The largest absolute Gasteiger partial charge is 0.497 e. The van der Waals surface area contributed by atoms with E-state index < -0.39 is 0 Å². The van der Waals surface area contributed by atoms with Gasteiger partial charge in [-0.1, -0.05) is 23.8 Å². The molecule has 0 N–H and O–H groups in total. The molecule has 2 aromatic heterocycles. The monoisotopic (exact) mass is 418 g/mol. The molecule has 0 bridgehead atoms. The first-order valence-electron chi connectivity index (χ1n) is 10.3. The molecule has 160 valence electrons. The first-order chi connectivity index (χ1) is 15.2. The molecule has 31 heavy (non-hydrogen) atoms. The number of ether oxygens (including phenoxy) is 3. The standard InChI is InChI=1S/C20H18N4O2.C4H8O/c1-13-5-4-6-14(11-13)17-8-10-19-21-22-20(24(19)23-17)16-12-15(25-2)7-9-18(16)26-3;1-2-4-5-3-1/h4-12H,1-3H3;1-4H2. The van der Waals surface area contributed by atoms with Crippen molar-refractivity contribution in [3.63, 3.8) is 0 Å². The van der Waals surface area contributed by atoms with Crippen LogP contribution in [-0.4, -0.2) is 47.2 Å². The predicted octanol–water partition coefficient (Wildman–Crippen LogP) is 4.58. The van der Waals surface area contributed by atoms with Gasteiger partial charge in [0.05, 0.1) is 25.5 Å². The second-order valence-electron chi connectivity index (χ2n) is 7.27. The highest BCUT2D eigenvalue weighted by atomic mass is 16.5. The van der Waals surface area contributed by atoms with Gasteiger partial charge in [-0.05, 0) is 56.2 Å². The lowest BCUT2D eigenvalue weighted by Crippen LogP contribution is -1.99. The van der Waals surface area contributed by atoms with Crippen LogP contribution in [0.2, 0.25) is 0 Å². The van der Waals surface area contributed by atoms with Gasteiger partial charge in [0.1, 0.15) is 11.5 Å². The van der Waals surface area contributed by atoms with Crippen molar-refractivity contribution in [3.05, 3.63) is 60.2 Å². The Hall–Kier alpha value is -3.45. The number of nitrogens with zero attached hydrogens (tertiary/aromatic N) is 4. The lowest BCUT2D eigenvalue weighted by molar-refractivity contribution is 0.198. The van der Waals surface area contributed by atoms with E-state index in [-0.39, 0.29) is 0 Å². The zero-order valence-electron chi connectivity index (χ0n) is 18.0. The molecule has 0 amide bonds. The van der Waals surface area contributed by atoms with Crippen molar-refractivity contribution in [2.75, 3.05) is 27.4 Å². The van der Waals surface area contributed by atoms with E-state index in [1.807, 2.05) is 42.5 Å². The zero-order valence-corrected chi connectivity index (χ0v) is 18.0. The van der Waals surface area contributed by atoms with Crippen LogP contribution in [-0.2, 0) is 4.74 Å². The van der Waals surface area contributed by atoms with E-state index in [0.717, 1.165) is 30.0 Å². The maximum Gasteiger partial charge on any atom is 0.189 e. The Kier molecular flexibility index (Phi) is 6.43. The Morgan fingerprint density at radius 3 is 2.42 bits per heavy atom. The van der Waals surface area contributed by atoms with E-state index in [0.29, 0.717) is 23.0 Å². The van der Waals surface area contributed by atoms with Crippen molar-refractivity contribution in [1.29, 1.82) is 0 Å². The van der Waals surface area contributed by atoms with Crippen LogP contribution in [0.4, 0.5) is 0 Å². The zero-order chi connectivity index (χ0) is 21.6. The number of methoxy groups -OCH3 is 2. The van der Waals surface area contributed by atoms with Crippen molar-refractivity contribution in [1.82, 2.24) is 19.8 Å². The summed E-state index contributed by atoms with van der Waals surface area (Å²) in [5, 5.41) is 13.3. The molecule has 0 unspecified atom stereocenters. The van der Waals surface area contributed by atoms with Gasteiger partial charge in [0.2, 0.25) is 0 Å². The number of aromatic nitrogens is 4. The Bertz CT molecular complexity index is 1160. The van der Waals surface area contributed by atoms with Crippen LogP contribution in [0, 0.1) is 6.92 Å². The second-order valence-corrected chi connectivity index (χ2v) is 7.27. The molecule has 1 saturated heterocycles. The smallest absolute Gasteiger partial charge is 0.189 e. The summed E-state index contributed by atoms with van der Waals surface area (Å²) < 4.78 is 17.5. The van der Waals surface area contributed by atoms with Gasteiger partial charge in [0, 0.05) is 18.8 Å². The maximum atomic E-state index is 5.48. The summed E-state index contributed by atoms with van der Waals surface area (Å²) in [6, 6.07) is 17.6. The van der Waals surface area contributed by atoms with E-state index in [4.69, 9.17) is 19.3 Å². The highest BCUT2D eigenvalue weighted by molar-refractivity contribution is 5.69. The van der Waals surface area contributed by atoms with E-state index in [1.54, 1.807) is 18.7 Å². The van der Waals surface area contributed by atoms with Crippen LogP contribution >= 0.6 is 0 Å². The van der Waals surface area contributed by atoms with E-state index in [1.165, 1.54) is 18.4 Å². The van der Waals surface area contributed by atoms with E-state index >= 15 is 0 Å². The molecule has 0 spiro atoms. The van der Waals surface area contributed by atoms with Crippen LogP contribution in [0.3, 0.4) is 0 Å². The average molecular weight is 418 g/mol. The highest BCUT2D eigenvalue weighted by Crippen LogP contribution is 2.32. The average Bonchev–Trinajstić information content (AvgIpc) is 3.51. The third-order valence-electron chi connectivity index (χ3n) is 5.05. The van der Waals surface area contributed by atoms with Gasteiger partial charge in [0.25, 0.3) is 0 Å². The quantitative estimate of drug-likeness (QED) is 0.483. The van der Waals surface area contributed by atoms with Crippen LogP contribution in [0.15, 0.2) is 54.6 Å². The van der Waals surface area contributed by atoms with Crippen molar-refractivity contribution in [2.45, 2.75) is 19.8 Å². The molecule has 5 rings (SSSR count). The summed E-state index contributed by atoms with van der Waals surface area (Å²) >= 11 is 0. The Morgan fingerprint density at radius 1 is 0.903 bits per heavy atom. The van der Waals surface area contributed by atoms with Crippen molar-refractivity contribution in [3.8, 4) is 34.1 Å². The van der Waals surface area contributed by atoms with Crippen LogP contribution < -0.4 is 9.47 Å². The number of benzene rings is 2. The second kappa shape index (κ2) is 9.57. The van der Waals surface area contributed by atoms with Crippen molar-refractivity contribution >= 4 is 5.65 Å². The molecule has 1 aliphatic rings. The molecule has 0 atom stereocenters.